The van der Waals surface area contributed by atoms with Gasteiger partial charge in [-0.15, -0.1) is 0 Å². The van der Waals surface area contributed by atoms with E-state index in [1.807, 2.05) is 17.9 Å². The van der Waals surface area contributed by atoms with E-state index in [2.05, 4.69) is 0 Å². The largest absolute Gasteiger partial charge is 0.479 e. The highest BCUT2D eigenvalue weighted by Crippen LogP contribution is 2.15. The van der Waals surface area contributed by atoms with Gasteiger partial charge in [-0.2, -0.15) is 0 Å². The van der Waals surface area contributed by atoms with Crippen molar-refractivity contribution in [2.24, 2.45) is 0 Å². The van der Waals surface area contributed by atoms with Crippen molar-refractivity contribution >= 4 is 5.97 Å². The fourth-order valence-electron chi connectivity index (χ4n) is 2.33. The van der Waals surface area contributed by atoms with E-state index in [0.29, 0.717) is 31.7 Å². The molecule has 0 amide bonds. The molecular formula is C14H18FNO3. The van der Waals surface area contributed by atoms with E-state index in [-0.39, 0.29) is 11.9 Å². The summed E-state index contributed by atoms with van der Waals surface area (Å²) in [5, 5.41) is 8.96. The molecule has 0 bridgehead atoms. The predicted molar refractivity (Wildman–Crippen MR) is 68.5 cm³/mol. The summed E-state index contributed by atoms with van der Waals surface area (Å²) in [7, 11) is 0. The Morgan fingerprint density at radius 3 is 3.00 bits per heavy atom. The molecule has 0 aromatic heterocycles. The molecule has 1 aliphatic heterocycles. The Kier molecular flexibility index (Phi) is 4.50. The van der Waals surface area contributed by atoms with Crippen molar-refractivity contribution in [3.63, 3.8) is 0 Å². The van der Waals surface area contributed by atoms with Gasteiger partial charge in [0.05, 0.1) is 6.61 Å². The summed E-state index contributed by atoms with van der Waals surface area (Å²) in [4.78, 5) is 13.0. The number of carboxylic acids is 1. The van der Waals surface area contributed by atoms with E-state index in [0.717, 1.165) is 0 Å². The molecule has 1 aliphatic rings. The molecule has 5 heteroatoms. The maximum atomic E-state index is 13.6. The number of morpholine rings is 1. The normalized spacial score (nSPS) is 22.1. The molecule has 1 aromatic rings. The van der Waals surface area contributed by atoms with E-state index in [4.69, 9.17) is 9.84 Å². The van der Waals surface area contributed by atoms with Crippen LogP contribution in [0.25, 0.3) is 0 Å². The van der Waals surface area contributed by atoms with Gasteiger partial charge >= 0.3 is 5.97 Å². The maximum Gasteiger partial charge on any atom is 0.334 e. The van der Waals surface area contributed by atoms with Crippen molar-refractivity contribution in [3.8, 4) is 0 Å². The Morgan fingerprint density at radius 1 is 1.58 bits per heavy atom. The molecule has 0 spiro atoms. The fraction of sp³-hybridized carbons (Fsp3) is 0.500. The summed E-state index contributed by atoms with van der Waals surface area (Å²) in [6.45, 7) is 3.42. The average Bonchev–Trinajstić information content (AvgIpc) is 2.41. The van der Waals surface area contributed by atoms with Crippen LogP contribution in [0.15, 0.2) is 24.3 Å². The smallest absolute Gasteiger partial charge is 0.334 e. The third-order valence-corrected chi connectivity index (χ3v) is 3.47. The summed E-state index contributed by atoms with van der Waals surface area (Å²) in [6, 6.07) is 6.77. The molecule has 19 heavy (non-hydrogen) atoms. The van der Waals surface area contributed by atoms with Crippen molar-refractivity contribution in [1.82, 2.24) is 4.90 Å². The van der Waals surface area contributed by atoms with Gasteiger partial charge < -0.3 is 9.84 Å². The summed E-state index contributed by atoms with van der Waals surface area (Å²) in [5.74, 6) is -1.15. The second-order valence-corrected chi connectivity index (χ2v) is 4.84. The Hall–Kier alpha value is -1.46. The molecule has 1 heterocycles. The standard InChI is InChI=1S/C14H18FNO3/c1-10(8-11-4-2-3-5-12(11)15)16-6-7-19-13(9-16)14(17)18/h2-5,10,13H,6-9H2,1H3,(H,17,18). The second-order valence-electron chi connectivity index (χ2n) is 4.84. The van der Waals surface area contributed by atoms with Gasteiger partial charge in [0.25, 0.3) is 0 Å². The third kappa shape index (κ3) is 3.52. The van der Waals surface area contributed by atoms with Crippen LogP contribution in [0.5, 0.6) is 0 Å². The first kappa shape index (κ1) is 14.0. The number of carboxylic acid groups (broad SMARTS) is 1. The molecular weight excluding hydrogens is 249 g/mol. The lowest BCUT2D eigenvalue weighted by molar-refractivity contribution is -0.156. The molecule has 2 unspecified atom stereocenters. The zero-order valence-electron chi connectivity index (χ0n) is 10.9. The summed E-state index contributed by atoms with van der Waals surface area (Å²) >= 11 is 0. The molecule has 1 fully saturated rings. The van der Waals surface area contributed by atoms with Crippen LogP contribution in [0, 0.1) is 5.82 Å². The number of nitrogens with zero attached hydrogens (tertiary/aromatic N) is 1. The van der Waals surface area contributed by atoms with E-state index >= 15 is 0 Å². The van der Waals surface area contributed by atoms with Crippen LogP contribution >= 0.6 is 0 Å². The minimum Gasteiger partial charge on any atom is -0.479 e. The van der Waals surface area contributed by atoms with E-state index in [1.54, 1.807) is 12.1 Å². The summed E-state index contributed by atoms with van der Waals surface area (Å²) in [5.41, 5.74) is 0.661. The Balaban J connectivity index is 1.98. The highest BCUT2D eigenvalue weighted by atomic mass is 19.1. The number of halogens is 1. The van der Waals surface area contributed by atoms with Gasteiger partial charge in [0.2, 0.25) is 0 Å². The van der Waals surface area contributed by atoms with Crippen molar-refractivity contribution in [3.05, 3.63) is 35.6 Å². The molecule has 2 rings (SSSR count). The molecule has 0 radical (unpaired) electrons. The number of ether oxygens (including phenoxy) is 1. The average molecular weight is 267 g/mol. The summed E-state index contributed by atoms with van der Waals surface area (Å²) < 4.78 is 18.8. The van der Waals surface area contributed by atoms with Gasteiger partial charge in [0, 0.05) is 19.1 Å². The monoisotopic (exact) mass is 267 g/mol. The first-order chi connectivity index (χ1) is 9.08. The first-order valence-corrected chi connectivity index (χ1v) is 6.40. The van der Waals surface area contributed by atoms with Gasteiger partial charge in [-0.3, -0.25) is 4.90 Å². The second kappa shape index (κ2) is 6.12. The number of benzene rings is 1. The zero-order chi connectivity index (χ0) is 13.8. The molecule has 0 aliphatic carbocycles. The predicted octanol–water partition coefficient (Wildman–Crippen LogP) is 1.54. The van der Waals surface area contributed by atoms with Crippen LogP contribution in [0.1, 0.15) is 12.5 Å². The molecule has 1 N–H and O–H groups in total. The Labute approximate surface area is 111 Å². The van der Waals surface area contributed by atoms with Gasteiger partial charge in [-0.1, -0.05) is 18.2 Å². The van der Waals surface area contributed by atoms with Crippen molar-refractivity contribution < 1.29 is 19.0 Å². The molecule has 1 saturated heterocycles. The Morgan fingerprint density at radius 2 is 2.32 bits per heavy atom. The maximum absolute atomic E-state index is 13.6. The van der Waals surface area contributed by atoms with Gasteiger partial charge in [-0.05, 0) is 25.0 Å². The molecule has 4 nitrogen and oxygen atoms in total. The van der Waals surface area contributed by atoms with E-state index in [9.17, 15) is 9.18 Å². The van der Waals surface area contributed by atoms with Gasteiger partial charge in [0.1, 0.15) is 5.82 Å². The van der Waals surface area contributed by atoms with Crippen LogP contribution in [0.3, 0.4) is 0 Å². The lowest BCUT2D eigenvalue weighted by Crippen LogP contribution is -2.50. The molecule has 1 aromatic carbocycles. The van der Waals surface area contributed by atoms with E-state index < -0.39 is 12.1 Å². The minimum absolute atomic E-state index is 0.0858. The van der Waals surface area contributed by atoms with Crippen molar-refractivity contribution in [2.75, 3.05) is 19.7 Å². The van der Waals surface area contributed by atoms with Crippen LogP contribution in [-0.2, 0) is 16.0 Å². The SMILES string of the molecule is CC(Cc1ccccc1F)N1CCOC(C(=O)O)C1. The fourth-order valence-corrected chi connectivity index (χ4v) is 2.33. The number of hydrogen-bond acceptors (Lipinski definition) is 3. The molecule has 2 atom stereocenters. The van der Waals surface area contributed by atoms with Crippen LogP contribution < -0.4 is 0 Å². The Bertz CT molecular complexity index is 452. The van der Waals surface area contributed by atoms with Gasteiger partial charge in [-0.25, -0.2) is 9.18 Å². The first-order valence-electron chi connectivity index (χ1n) is 6.40. The third-order valence-electron chi connectivity index (χ3n) is 3.47. The quantitative estimate of drug-likeness (QED) is 0.899. The van der Waals surface area contributed by atoms with E-state index in [1.165, 1.54) is 6.07 Å². The molecule has 0 saturated carbocycles. The topological polar surface area (TPSA) is 49.8 Å². The lowest BCUT2D eigenvalue weighted by Gasteiger charge is -2.35. The van der Waals surface area contributed by atoms with Gasteiger partial charge in [0.15, 0.2) is 6.10 Å². The highest BCUT2D eigenvalue weighted by Gasteiger charge is 2.28. The highest BCUT2D eigenvalue weighted by molar-refractivity contribution is 5.72. The number of rotatable bonds is 4. The number of hydrogen-bond donors (Lipinski definition) is 1. The van der Waals surface area contributed by atoms with Crippen LogP contribution in [0.2, 0.25) is 0 Å². The summed E-state index contributed by atoms with van der Waals surface area (Å²) in [6.07, 6.45) is -0.212. The minimum atomic E-state index is -0.942. The lowest BCUT2D eigenvalue weighted by atomic mass is 10.0. The zero-order valence-corrected chi connectivity index (χ0v) is 10.9. The van der Waals surface area contributed by atoms with Crippen LogP contribution in [-0.4, -0.2) is 47.8 Å². The van der Waals surface area contributed by atoms with Crippen molar-refractivity contribution in [1.29, 1.82) is 0 Å². The molecule has 104 valence electrons. The number of aliphatic carboxylic acids is 1. The van der Waals surface area contributed by atoms with Crippen molar-refractivity contribution in [2.45, 2.75) is 25.5 Å². The number of carbonyl (C=O) groups is 1. The van der Waals surface area contributed by atoms with Crippen LogP contribution in [0.4, 0.5) is 4.39 Å².